The molecule has 1 aliphatic heterocycles. The van der Waals surface area contributed by atoms with Crippen LogP contribution >= 0.6 is 0 Å². The monoisotopic (exact) mass is 202 g/mol. The number of hydrogen-bond acceptors (Lipinski definition) is 5. The third-order valence-corrected chi connectivity index (χ3v) is 2.04. The number of aliphatic hydroxyl groups is 2. The van der Waals surface area contributed by atoms with Crippen molar-refractivity contribution >= 4 is 5.97 Å². The van der Waals surface area contributed by atoms with Crippen molar-refractivity contribution in [2.45, 2.75) is 38.6 Å². The van der Waals surface area contributed by atoms with Crippen molar-refractivity contribution in [1.29, 1.82) is 0 Å². The third-order valence-electron chi connectivity index (χ3n) is 2.04. The SMILES string of the molecule is CCC1OC=C(O)C(OC(C)=O)C1O. The Morgan fingerprint density at radius 2 is 2.36 bits per heavy atom. The van der Waals surface area contributed by atoms with E-state index in [0.29, 0.717) is 6.42 Å². The van der Waals surface area contributed by atoms with Crippen LogP contribution in [0.5, 0.6) is 0 Å². The summed E-state index contributed by atoms with van der Waals surface area (Å²) in [6.45, 7) is 3.05. The van der Waals surface area contributed by atoms with Crippen LogP contribution in [0.4, 0.5) is 0 Å². The van der Waals surface area contributed by atoms with Crippen LogP contribution in [0.1, 0.15) is 20.3 Å². The maximum Gasteiger partial charge on any atom is 0.303 e. The summed E-state index contributed by atoms with van der Waals surface area (Å²) in [6.07, 6.45) is -0.799. The highest BCUT2D eigenvalue weighted by Gasteiger charge is 2.36. The zero-order valence-corrected chi connectivity index (χ0v) is 8.14. The number of carbonyl (C=O) groups is 1. The van der Waals surface area contributed by atoms with Gasteiger partial charge >= 0.3 is 5.97 Å². The standard InChI is InChI=1S/C9H14O5/c1-3-7-8(12)9(14-5(2)10)6(11)4-13-7/h4,7-9,11-12H,3H2,1-2H3. The van der Waals surface area contributed by atoms with Crippen molar-refractivity contribution in [3.8, 4) is 0 Å². The molecule has 0 fully saturated rings. The molecule has 1 aliphatic rings. The zero-order chi connectivity index (χ0) is 10.7. The van der Waals surface area contributed by atoms with Gasteiger partial charge in [0.25, 0.3) is 0 Å². The lowest BCUT2D eigenvalue weighted by atomic mass is 10.0. The maximum atomic E-state index is 10.7. The van der Waals surface area contributed by atoms with Crippen molar-refractivity contribution in [2.75, 3.05) is 0 Å². The molecule has 1 heterocycles. The van der Waals surface area contributed by atoms with Crippen LogP contribution in [-0.4, -0.2) is 34.5 Å². The molecule has 0 aromatic rings. The third kappa shape index (κ3) is 2.17. The minimum atomic E-state index is -1.02. The highest BCUT2D eigenvalue weighted by molar-refractivity contribution is 5.66. The number of carbonyl (C=O) groups excluding carboxylic acids is 1. The summed E-state index contributed by atoms with van der Waals surface area (Å²) in [6, 6.07) is 0. The summed E-state index contributed by atoms with van der Waals surface area (Å²) in [7, 11) is 0. The largest absolute Gasteiger partial charge is 0.506 e. The minimum Gasteiger partial charge on any atom is -0.506 e. The fourth-order valence-electron chi connectivity index (χ4n) is 1.32. The van der Waals surface area contributed by atoms with Crippen LogP contribution in [-0.2, 0) is 14.3 Å². The first-order valence-corrected chi connectivity index (χ1v) is 4.46. The second kappa shape index (κ2) is 4.32. The number of esters is 1. The van der Waals surface area contributed by atoms with Gasteiger partial charge in [0.2, 0.25) is 0 Å². The lowest BCUT2D eigenvalue weighted by Crippen LogP contribution is -2.44. The van der Waals surface area contributed by atoms with Gasteiger partial charge in [-0.3, -0.25) is 4.79 Å². The molecule has 80 valence electrons. The summed E-state index contributed by atoms with van der Waals surface area (Å²) in [4.78, 5) is 10.7. The molecule has 3 atom stereocenters. The fraction of sp³-hybridized carbons (Fsp3) is 0.667. The molecule has 0 aromatic heterocycles. The Hall–Kier alpha value is -1.23. The zero-order valence-electron chi connectivity index (χ0n) is 8.14. The number of ether oxygens (including phenoxy) is 2. The second-order valence-corrected chi connectivity index (χ2v) is 3.15. The lowest BCUT2D eigenvalue weighted by molar-refractivity contribution is -0.160. The smallest absolute Gasteiger partial charge is 0.303 e. The lowest BCUT2D eigenvalue weighted by Gasteiger charge is -2.31. The van der Waals surface area contributed by atoms with Gasteiger partial charge in [0.15, 0.2) is 11.9 Å². The number of hydrogen-bond donors (Lipinski definition) is 2. The Labute approximate surface area is 81.9 Å². The van der Waals surface area contributed by atoms with Crippen LogP contribution in [0.25, 0.3) is 0 Å². The number of aliphatic hydroxyl groups excluding tert-OH is 2. The minimum absolute atomic E-state index is 0.266. The summed E-state index contributed by atoms with van der Waals surface area (Å²) in [5.74, 6) is -0.817. The summed E-state index contributed by atoms with van der Waals surface area (Å²) in [5, 5.41) is 18.9. The molecule has 2 N–H and O–H groups in total. The predicted molar refractivity (Wildman–Crippen MR) is 47.4 cm³/mol. The predicted octanol–water partition coefficient (Wildman–Crippen LogP) is 0.487. The average molecular weight is 202 g/mol. The van der Waals surface area contributed by atoms with Gasteiger partial charge in [-0.2, -0.15) is 0 Å². The molecule has 0 aromatic carbocycles. The maximum absolute atomic E-state index is 10.7. The molecule has 14 heavy (non-hydrogen) atoms. The van der Waals surface area contributed by atoms with Gasteiger partial charge < -0.3 is 19.7 Å². The van der Waals surface area contributed by atoms with Crippen LogP contribution in [0, 0.1) is 0 Å². The molecule has 0 saturated carbocycles. The molecular weight excluding hydrogens is 188 g/mol. The van der Waals surface area contributed by atoms with Gasteiger partial charge in [-0.15, -0.1) is 0 Å². The van der Waals surface area contributed by atoms with Gasteiger partial charge in [0.1, 0.15) is 18.5 Å². The van der Waals surface area contributed by atoms with Gasteiger partial charge in [-0.05, 0) is 6.42 Å². The Morgan fingerprint density at radius 3 is 2.86 bits per heavy atom. The molecule has 3 unspecified atom stereocenters. The van der Waals surface area contributed by atoms with Crippen molar-refractivity contribution in [1.82, 2.24) is 0 Å². The van der Waals surface area contributed by atoms with E-state index in [0.717, 1.165) is 6.26 Å². The molecule has 0 saturated heterocycles. The Balaban J connectivity index is 2.74. The van der Waals surface area contributed by atoms with E-state index in [1.54, 1.807) is 0 Å². The molecule has 1 rings (SSSR count). The van der Waals surface area contributed by atoms with E-state index in [1.165, 1.54) is 6.92 Å². The van der Waals surface area contributed by atoms with Crippen LogP contribution in [0.15, 0.2) is 12.0 Å². The van der Waals surface area contributed by atoms with Crippen LogP contribution in [0.2, 0.25) is 0 Å². The topological polar surface area (TPSA) is 76.0 Å². The van der Waals surface area contributed by atoms with Gasteiger partial charge in [0.05, 0.1) is 0 Å². The van der Waals surface area contributed by atoms with Crippen molar-refractivity contribution < 1.29 is 24.5 Å². The quantitative estimate of drug-likeness (QED) is 0.637. The first-order valence-electron chi connectivity index (χ1n) is 4.46. The highest BCUT2D eigenvalue weighted by Crippen LogP contribution is 2.22. The molecule has 0 bridgehead atoms. The van der Waals surface area contributed by atoms with E-state index in [2.05, 4.69) is 0 Å². The summed E-state index contributed by atoms with van der Waals surface area (Å²) < 4.78 is 9.77. The molecule has 0 aliphatic carbocycles. The van der Waals surface area contributed by atoms with Gasteiger partial charge in [0, 0.05) is 6.92 Å². The van der Waals surface area contributed by atoms with E-state index in [4.69, 9.17) is 9.47 Å². The van der Waals surface area contributed by atoms with Crippen molar-refractivity contribution in [2.24, 2.45) is 0 Å². The first kappa shape index (κ1) is 10.8. The van der Waals surface area contributed by atoms with E-state index < -0.39 is 24.3 Å². The fourth-order valence-corrected chi connectivity index (χ4v) is 1.32. The van der Waals surface area contributed by atoms with Crippen LogP contribution < -0.4 is 0 Å². The molecule has 5 heteroatoms. The number of rotatable bonds is 2. The molecule has 0 amide bonds. The summed E-state index contributed by atoms with van der Waals surface area (Å²) in [5.41, 5.74) is 0. The van der Waals surface area contributed by atoms with Crippen molar-refractivity contribution in [3.05, 3.63) is 12.0 Å². The Morgan fingerprint density at radius 1 is 1.71 bits per heavy atom. The summed E-state index contributed by atoms with van der Waals surface area (Å²) >= 11 is 0. The van der Waals surface area contributed by atoms with Gasteiger partial charge in [-0.1, -0.05) is 6.92 Å². The van der Waals surface area contributed by atoms with E-state index in [9.17, 15) is 15.0 Å². The molecule has 5 nitrogen and oxygen atoms in total. The normalized spacial score (nSPS) is 31.6. The molecule has 0 radical (unpaired) electrons. The van der Waals surface area contributed by atoms with E-state index >= 15 is 0 Å². The second-order valence-electron chi connectivity index (χ2n) is 3.15. The Kier molecular flexibility index (Phi) is 3.35. The molecular formula is C9H14O5. The highest BCUT2D eigenvalue weighted by atomic mass is 16.6. The van der Waals surface area contributed by atoms with E-state index in [1.807, 2.05) is 6.92 Å². The first-order chi connectivity index (χ1) is 6.56. The molecule has 0 spiro atoms. The Bertz CT molecular complexity index is 248. The average Bonchev–Trinajstić information content (AvgIpc) is 2.12. The van der Waals surface area contributed by atoms with Crippen LogP contribution in [0.3, 0.4) is 0 Å². The van der Waals surface area contributed by atoms with Gasteiger partial charge in [-0.25, -0.2) is 0 Å². The van der Waals surface area contributed by atoms with Crippen molar-refractivity contribution in [3.63, 3.8) is 0 Å². The van der Waals surface area contributed by atoms with E-state index in [-0.39, 0.29) is 5.76 Å².